The van der Waals surface area contributed by atoms with E-state index in [1.165, 1.54) is 0 Å². The molecule has 1 amide bonds. The molecule has 0 radical (unpaired) electrons. The molecule has 0 atom stereocenters. The fourth-order valence-electron chi connectivity index (χ4n) is 2.69. The van der Waals surface area contributed by atoms with E-state index in [4.69, 9.17) is 0 Å². The number of rotatable bonds is 3. The first kappa shape index (κ1) is 15.1. The van der Waals surface area contributed by atoms with Gasteiger partial charge in [-0.1, -0.05) is 11.8 Å². The number of nitrogens with one attached hydrogen (secondary N) is 1. The fourth-order valence-corrected chi connectivity index (χ4v) is 3.65. The summed E-state index contributed by atoms with van der Waals surface area (Å²) in [6, 6.07) is 5.41. The molecule has 6 nitrogen and oxygen atoms in total. The fraction of sp³-hybridized carbons (Fsp3) is 0.294. The van der Waals surface area contributed by atoms with E-state index in [9.17, 15) is 4.79 Å². The van der Waals surface area contributed by atoms with E-state index in [0.717, 1.165) is 45.6 Å². The number of hydrogen-bond acceptors (Lipinski definition) is 5. The normalized spacial score (nSPS) is 13.2. The Morgan fingerprint density at radius 1 is 1.21 bits per heavy atom. The number of thioether (sulfide) groups is 1. The van der Waals surface area contributed by atoms with Gasteiger partial charge in [0.25, 0.3) is 5.91 Å². The van der Waals surface area contributed by atoms with Gasteiger partial charge in [0.2, 0.25) is 0 Å². The van der Waals surface area contributed by atoms with Crippen LogP contribution in [0.3, 0.4) is 0 Å². The lowest BCUT2D eigenvalue weighted by molar-refractivity contribution is 0.0950. The summed E-state index contributed by atoms with van der Waals surface area (Å²) in [6.07, 6.45) is 2.01. The van der Waals surface area contributed by atoms with E-state index >= 15 is 0 Å². The summed E-state index contributed by atoms with van der Waals surface area (Å²) in [5.41, 5.74) is 4.80. The van der Waals surface area contributed by atoms with Gasteiger partial charge < -0.3 is 9.88 Å². The molecule has 7 heteroatoms. The van der Waals surface area contributed by atoms with E-state index in [2.05, 4.69) is 24.8 Å². The lowest BCUT2D eigenvalue weighted by Crippen LogP contribution is -2.23. The van der Waals surface area contributed by atoms with Crippen LogP contribution in [0.5, 0.6) is 0 Å². The van der Waals surface area contributed by atoms with E-state index in [1.54, 1.807) is 23.9 Å². The molecule has 0 bridgehead atoms. The molecule has 1 aliphatic rings. The molecule has 3 aromatic rings. The molecule has 0 saturated carbocycles. The Hall–Kier alpha value is -2.41. The van der Waals surface area contributed by atoms with E-state index in [1.807, 2.05) is 26.1 Å². The number of benzene rings is 1. The Morgan fingerprint density at radius 2 is 2.00 bits per heavy atom. The zero-order chi connectivity index (χ0) is 16.7. The van der Waals surface area contributed by atoms with Crippen molar-refractivity contribution in [3.8, 4) is 0 Å². The predicted molar refractivity (Wildman–Crippen MR) is 93.1 cm³/mol. The highest BCUT2D eigenvalue weighted by molar-refractivity contribution is 7.99. The van der Waals surface area contributed by atoms with Crippen LogP contribution in [0.15, 0.2) is 29.6 Å². The van der Waals surface area contributed by atoms with Crippen molar-refractivity contribution in [1.82, 2.24) is 24.8 Å². The first-order chi connectivity index (χ1) is 11.6. The molecule has 1 N–H and O–H groups in total. The largest absolute Gasteiger partial charge is 0.346 e. The third kappa shape index (κ3) is 2.75. The van der Waals surface area contributed by atoms with Gasteiger partial charge in [0, 0.05) is 24.1 Å². The lowest BCUT2D eigenvalue weighted by Gasteiger charge is -2.06. The zero-order valence-corrected chi connectivity index (χ0v) is 14.4. The van der Waals surface area contributed by atoms with E-state index < -0.39 is 0 Å². The van der Waals surface area contributed by atoms with Gasteiger partial charge in [-0.15, -0.1) is 0 Å². The van der Waals surface area contributed by atoms with Crippen molar-refractivity contribution in [2.45, 2.75) is 32.1 Å². The maximum atomic E-state index is 12.4. The summed E-state index contributed by atoms with van der Waals surface area (Å²) in [7, 11) is 0. The Morgan fingerprint density at radius 3 is 2.79 bits per heavy atom. The first-order valence-electron chi connectivity index (χ1n) is 7.82. The van der Waals surface area contributed by atoms with Gasteiger partial charge in [-0.05, 0) is 32.0 Å². The Bertz CT molecular complexity index is 928. The number of amides is 1. The molecule has 122 valence electrons. The van der Waals surface area contributed by atoms with E-state index in [0.29, 0.717) is 12.1 Å². The highest BCUT2D eigenvalue weighted by Crippen LogP contribution is 2.24. The maximum absolute atomic E-state index is 12.4. The molecule has 0 fully saturated rings. The molecular weight excluding hydrogens is 322 g/mol. The van der Waals surface area contributed by atoms with Crippen molar-refractivity contribution in [3.05, 3.63) is 47.0 Å². The molecule has 2 aromatic heterocycles. The third-order valence-corrected chi connectivity index (χ3v) is 5.09. The van der Waals surface area contributed by atoms with Gasteiger partial charge >= 0.3 is 0 Å². The standard InChI is InChI=1S/C17H17N5OS/c1-10-11(2)20-15-7-12(3-4-14(15)19-10)16(23)18-8-13-9-22-5-6-24-17(22)21-13/h3-4,7,9H,5-6,8H2,1-2H3,(H,18,23). The number of nitrogens with zero attached hydrogens (tertiary/aromatic N) is 4. The minimum absolute atomic E-state index is 0.127. The van der Waals surface area contributed by atoms with Gasteiger partial charge in [-0.2, -0.15) is 0 Å². The summed E-state index contributed by atoms with van der Waals surface area (Å²) in [5.74, 6) is 0.948. The second-order valence-electron chi connectivity index (χ2n) is 5.84. The highest BCUT2D eigenvalue weighted by Gasteiger charge is 2.15. The minimum Gasteiger partial charge on any atom is -0.346 e. The van der Waals surface area contributed by atoms with Crippen molar-refractivity contribution >= 4 is 28.7 Å². The van der Waals surface area contributed by atoms with Crippen LogP contribution in [0, 0.1) is 13.8 Å². The number of aromatic nitrogens is 4. The third-order valence-electron chi connectivity index (χ3n) is 4.12. The first-order valence-corrected chi connectivity index (χ1v) is 8.81. The predicted octanol–water partition coefficient (Wildman–Crippen LogP) is 2.48. The summed E-state index contributed by atoms with van der Waals surface area (Å²) in [5, 5.41) is 3.96. The highest BCUT2D eigenvalue weighted by atomic mass is 32.2. The number of aryl methyl sites for hydroxylation is 3. The maximum Gasteiger partial charge on any atom is 0.251 e. The van der Waals surface area contributed by atoms with Crippen molar-refractivity contribution < 1.29 is 4.79 Å². The van der Waals surface area contributed by atoms with Crippen molar-refractivity contribution in [2.24, 2.45) is 0 Å². The molecule has 3 heterocycles. The van der Waals surface area contributed by atoms with Crippen LogP contribution < -0.4 is 5.32 Å². The van der Waals surface area contributed by atoms with Gasteiger partial charge in [0.1, 0.15) is 0 Å². The molecule has 1 aromatic carbocycles. The molecule has 0 aliphatic carbocycles. The lowest BCUT2D eigenvalue weighted by atomic mass is 10.1. The van der Waals surface area contributed by atoms with Gasteiger partial charge in [-0.3, -0.25) is 4.79 Å². The molecule has 0 spiro atoms. The molecule has 1 aliphatic heterocycles. The summed E-state index contributed by atoms with van der Waals surface area (Å²) >= 11 is 1.75. The van der Waals surface area contributed by atoms with Crippen LogP contribution in [0.1, 0.15) is 27.4 Å². The second-order valence-corrected chi connectivity index (χ2v) is 6.90. The van der Waals surface area contributed by atoms with Crippen LogP contribution in [0.2, 0.25) is 0 Å². The number of imidazole rings is 1. The zero-order valence-electron chi connectivity index (χ0n) is 13.5. The van der Waals surface area contributed by atoms with Crippen LogP contribution in [-0.4, -0.2) is 31.2 Å². The quantitative estimate of drug-likeness (QED) is 0.794. The summed E-state index contributed by atoms with van der Waals surface area (Å²) in [4.78, 5) is 25.9. The number of hydrogen-bond donors (Lipinski definition) is 1. The van der Waals surface area contributed by atoms with Gasteiger partial charge in [0.05, 0.1) is 34.7 Å². The van der Waals surface area contributed by atoms with Crippen LogP contribution >= 0.6 is 11.8 Å². The molecule has 4 rings (SSSR count). The second kappa shape index (κ2) is 5.90. The minimum atomic E-state index is -0.127. The average molecular weight is 339 g/mol. The van der Waals surface area contributed by atoms with Crippen molar-refractivity contribution in [2.75, 3.05) is 5.75 Å². The Kier molecular flexibility index (Phi) is 3.72. The smallest absolute Gasteiger partial charge is 0.251 e. The topological polar surface area (TPSA) is 72.7 Å². The van der Waals surface area contributed by atoms with Crippen LogP contribution in [-0.2, 0) is 13.1 Å². The number of carbonyl (C=O) groups is 1. The summed E-state index contributed by atoms with van der Waals surface area (Å²) in [6.45, 7) is 5.27. The Balaban J connectivity index is 1.51. The van der Waals surface area contributed by atoms with Crippen molar-refractivity contribution in [3.63, 3.8) is 0 Å². The molecule has 0 unspecified atom stereocenters. The average Bonchev–Trinajstić information content (AvgIpc) is 3.14. The van der Waals surface area contributed by atoms with E-state index in [-0.39, 0.29) is 5.91 Å². The van der Waals surface area contributed by atoms with Gasteiger partial charge in [-0.25, -0.2) is 15.0 Å². The van der Waals surface area contributed by atoms with Gasteiger partial charge in [0.15, 0.2) is 5.16 Å². The molecule has 0 saturated heterocycles. The van der Waals surface area contributed by atoms with Crippen molar-refractivity contribution in [1.29, 1.82) is 0 Å². The monoisotopic (exact) mass is 339 g/mol. The molecular formula is C17H17N5OS. The number of fused-ring (bicyclic) bond motifs is 2. The summed E-state index contributed by atoms with van der Waals surface area (Å²) < 4.78 is 2.13. The number of carbonyl (C=O) groups excluding carboxylic acids is 1. The van der Waals surface area contributed by atoms with Crippen LogP contribution in [0.4, 0.5) is 0 Å². The van der Waals surface area contributed by atoms with Crippen LogP contribution in [0.25, 0.3) is 11.0 Å². The SMILES string of the molecule is Cc1nc2ccc(C(=O)NCc3cn4c(n3)SCC4)cc2nc1C. The molecule has 24 heavy (non-hydrogen) atoms. The Labute approximate surface area is 143 Å².